The number of fused-ring (bicyclic) bond motifs is 1. The molecule has 0 amide bonds. The Morgan fingerprint density at radius 1 is 1.00 bits per heavy atom. The van der Waals surface area contributed by atoms with Gasteiger partial charge in [-0.2, -0.15) is 0 Å². The van der Waals surface area contributed by atoms with Crippen molar-refractivity contribution in [2.75, 3.05) is 0 Å². The minimum Gasteiger partial charge on any atom is -0.356 e. The Labute approximate surface area is 111 Å². The Balaban J connectivity index is 1.70. The molecule has 96 valence electrons. The lowest BCUT2D eigenvalue weighted by atomic mass is 10.2. The van der Waals surface area contributed by atoms with Crippen molar-refractivity contribution in [3.05, 3.63) is 72.2 Å². The predicted octanol–water partition coefficient (Wildman–Crippen LogP) is 3.95. The third-order valence-electron chi connectivity index (χ3n) is 3.08. The van der Waals surface area contributed by atoms with E-state index in [0.717, 1.165) is 16.5 Å². The third kappa shape index (κ3) is 2.66. The van der Waals surface area contributed by atoms with Gasteiger partial charge in [0.2, 0.25) is 0 Å². The molecule has 2 nitrogen and oxygen atoms in total. The Kier molecular flexibility index (Phi) is 3.29. The summed E-state index contributed by atoms with van der Waals surface area (Å²) in [6.07, 6.45) is 1.91. The van der Waals surface area contributed by atoms with Gasteiger partial charge in [0.05, 0.1) is 12.1 Å². The maximum absolute atomic E-state index is 13.2. The molecule has 0 spiro atoms. The van der Waals surface area contributed by atoms with Gasteiger partial charge in [0.1, 0.15) is 12.5 Å². The second-order valence-corrected chi connectivity index (χ2v) is 4.45. The first kappa shape index (κ1) is 11.9. The maximum Gasteiger partial charge on any atom is 0.125 e. The van der Waals surface area contributed by atoms with Crippen molar-refractivity contribution in [3.63, 3.8) is 0 Å². The van der Waals surface area contributed by atoms with Crippen LogP contribution in [0.3, 0.4) is 0 Å². The Morgan fingerprint density at radius 2 is 1.84 bits per heavy atom. The summed E-state index contributed by atoms with van der Waals surface area (Å²) in [6.45, 7) is 0.970. The molecule has 19 heavy (non-hydrogen) atoms. The van der Waals surface area contributed by atoms with Gasteiger partial charge in [-0.15, -0.1) is 0 Å². The zero-order chi connectivity index (χ0) is 13.1. The van der Waals surface area contributed by atoms with Crippen LogP contribution in [0.5, 0.6) is 0 Å². The highest BCUT2D eigenvalue weighted by molar-refractivity contribution is 5.80. The van der Waals surface area contributed by atoms with Crippen LogP contribution in [0.15, 0.2) is 60.8 Å². The summed E-state index contributed by atoms with van der Waals surface area (Å²) in [6, 6.07) is 16.7. The number of aromatic nitrogens is 1. The van der Waals surface area contributed by atoms with E-state index in [-0.39, 0.29) is 5.82 Å². The van der Waals surface area contributed by atoms with Crippen LogP contribution < -0.4 is 0 Å². The zero-order valence-corrected chi connectivity index (χ0v) is 10.4. The predicted molar refractivity (Wildman–Crippen MR) is 73.1 cm³/mol. The van der Waals surface area contributed by atoms with Gasteiger partial charge in [-0.3, -0.25) is 0 Å². The molecule has 3 aromatic rings. The molecule has 0 unspecified atom stereocenters. The van der Waals surface area contributed by atoms with Crippen molar-refractivity contribution in [2.45, 2.75) is 13.3 Å². The minimum absolute atomic E-state index is 0.226. The Morgan fingerprint density at radius 3 is 2.68 bits per heavy atom. The van der Waals surface area contributed by atoms with Crippen molar-refractivity contribution in [2.24, 2.45) is 0 Å². The fourth-order valence-corrected chi connectivity index (χ4v) is 2.11. The average Bonchev–Trinajstić information content (AvgIpc) is 2.83. The molecule has 3 rings (SSSR count). The van der Waals surface area contributed by atoms with Crippen molar-refractivity contribution < 1.29 is 9.13 Å². The van der Waals surface area contributed by atoms with Crippen LogP contribution in [-0.2, 0) is 18.1 Å². The highest BCUT2D eigenvalue weighted by Gasteiger charge is 2.02. The fourth-order valence-electron chi connectivity index (χ4n) is 2.11. The van der Waals surface area contributed by atoms with E-state index in [0.29, 0.717) is 13.3 Å². The van der Waals surface area contributed by atoms with E-state index in [4.69, 9.17) is 4.74 Å². The first-order valence-electron chi connectivity index (χ1n) is 6.19. The van der Waals surface area contributed by atoms with Gasteiger partial charge in [0.25, 0.3) is 0 Å². The summed E-state index contributed by atoms with van der Waals surface area (Å²) in [5.74, 6) is -0.226. The largest absolute Gasteiger partial charge is 0.356 e. The van der Waals surface area contributed by atoms with Crippen molar-refractivity contribution in [1.29, 1.82) is 0 Å². The smallest absolute Gasteiger partial charge is 0.125 e. The second-order valence-electron chi connectivity index (χ2n) is 4.45. The van der Waals surface area contributed by atoms with Gasteiger partial charge >= 0.3 is 0 Å². The van der Waals surface area contributed by atoms with Gasteiger partial charge in [0.15, 0.2) is 0 Å². The first-order chi connectivity index (χ1) is 9.33. The summed E-state index contributed by atoms with van der Waals surface area (Å²) in [7, 11) is 0. The first-order valence-corrected chi connectivity index (χ1v) is 6.19. The van der Waals surface area contributed by atoms with Gasteiger partial charge in [-0.25, -0.2) is 4.39 Å². The topological polar surface area (TPSA) is 14.2 Å². The molecule has 0 aliphatic heterocycles. The van der Waals surface area contributed by atoms with Crippen LogP contribution in [0.2, 0.25) is 0 Å². The van der Waals surface area contributed by atoms with Gasteiger partial charge in [-0.1, -0.05) is 30.3 Å². The lowest BCUT2D eigenvalue weighted by Crippen LogP contribution is -2.01. The Bertz CT molecular complexity index is 676. The van der Waals surface area contributed by atoms with Crippen molar-refractivity contribution in [3.8, 4) is 0 Å². The summed E-state index contributed by atoms with van der Waals surface area (Å²) < 4.78 is 20.8. The lowest BCUT2D eigenvalue weighted by Gasteiger charge is -2.07. The minimum atomic E-state index is -0.226. The molecule has 3 heteroatoms. The number of hydrogen-bond donors (Lipinski definition) is 0. The summed E-state index contributed by atoms with van der Waals surface area (Å²) >= 11 is 0. The van der Waals surface area contributed by atoms with Crippen LogP contribution in [0.1, 0.15) is 5.56 Å². The molecule has 0 saturated carbocycles. The van der Waals surface area contributed by atoms with Crippen LogP contribution in [-0.4, -0.2) is 4.57 Å². The van der Waals surface area contributed by atoms with Gasteiger partial charge in [-0.05, 0) is 35.2 Å². The molecule has 0 aliphatic carbocycles. The summed E-state index contributed by atoms with van der Waals surface area (Å²) in [5, 5.41) is 1.02. The summed E-state index contributed by atoms with van der Waals surface area (Å²) in [5.41, 5.74) is 1.98. The zero-order valence-electron chi connectivity index (χ0n) is 10.4. The van der Waals surface area contributed by atoms with E-state index in [1.807, 2.05) is 47.2 Å². The fraction of sp³-hybridized carbons (Fsp3) is 0.125. The number of hydrogen-bond acceptors (Lipinski definition) is 1. The quantitative estimate of drug-likeness (QED) is 0.688. The molecule has 0 radical (unpaired) electrons. The molecule has 0 aliphatic rings. The van der Waals surface area contributed by atoms with Crippen LogP contribution in [0.25, 0.3) is 10.9 Å². The average molecular weight is 255 g/mol. The molecule has 2 aromatic carbocycles. The number of nitrogens with zero attached hydrogens (tertiary/aromatic N) is 1. The second kappa shape index (κ2) is 5.24. The van der Waals surface area contributed by atoms with Crippen molar-refractivity contribution >= 4 is 10.9 Å². The molecular formula is C16H14FNO. The van der Waals surface area contributed by atoms with E-state index >= 15 is 0 Å². The molecule has 0 bridgehead atoms. The molecule has 0 N–H and O–H groups in total. The van der Waals surface area contributed by atoms with Crippen LogP contribution in [0, 0.1) is 5.82 Å². The number of halogens is 1. The SMILES string of the molecule is Fc1ccc2ccn(COCc3ccccc3)c2c1. The lowest BCUT2D eigenvalue weighted by molar-refractivity contribution is 0.0668. The third-order valence-corrected chi connectivity index (χ3v) is 3.08. The summed E-state index contributed by atoms with van der Waals surface area (Å²) in [4.78, 5) is 0. The monoisotopic (exact) mass is 255 g/mol. The molecule has 1 aromatic heterocycles. The Hall–Kier alpha value is -2.13. The molecule has 0 fully saturated rings. The molecule has 0 atom stereocenters. The van der Waals surface area contributed by atoms with Crippen molar-refractivity contribution in [1.82, 2.24) is 4.57 Å². The van der Waals surface area contributed by atoms with E-state index in [1.165, 1.54) is 12.1 Å². The van der Waals surface area contributed by atoms with Crippen LogP contribution in [0.4, 0.5) is 4.39 Å². The highest BCUT2D eigenvalue weighted by atomic mass is 19.1. The maximum atomic E-state index is 13.2. The standard InChI is InChI=1S/C16H14FNO/c17-15-7-6-14-8-9-18(16(14)10-15)12-19-11-13-4-2-1-3-5-13/h1-10H,11-12H2. The van der Waals surface area contributed by atoms with E-state index in [2.05, 4.69) is 0 Å². The highest BCUT2D eigenvalue weighted by Crippen LogP contribution is 2.17. The number of ether oxygens (including phenoxy) is 1. The molecular weight excluding hydrogens is 241 g/mol. The van der Waals surface area contributed by atoms with E-state index in [9.17, 15) is 4.39 Å². The number of rotatable bonds is 4. The van der Waals surface area contributed by atoms with Gasteiger partial charge in [0, 0.05) is 6.20 Å². The van der Waals surface area contributed by atoms with Gasteiger partial charge < -0.3 is 9.30 Å². The van der Waals surface area contributed by atoms with Crippen LogP contribution >= 0.6 is 0 Å². The van der Waals surface area contributed by atoms with E-state index in [1.54, 1.807) is 6.07 Å². The van der Waals surface area contributed by atoms with E-state index < -0.39 is 0 Å². The molecule has 0 saturated heterocycles. The normalized spacial score (nSPS) is 11.0. The molecule has 1 heterocycles. The number of benzene rings is 2.